The number of benzene rings is 3. The van der Waals surface area contributed by atoms with Gasteiger partial charge in [0.1, 0.15) is 12.4 Å². The topological polar surface area (TPSA) is 55.4 Å². The molecular formula is C24H22FNO3. The van der Waals surface area contributed by atoms with Gasteiger partial charge in [-0.15, -0.1) is 0 Å². The number of halogens is 1. The molecule has 3 aromatic rings. The molecule has 0 saturated heterocycles. The number of amides is 1. The van der Waals surface area contributed by atoms with Crippen molar-refractivity contribution >= 4 is 11.9 Å². The van der Waals surface area contributed by atoms with Gasteiger partial charge in [0.05, 0.1) is 6.04 Å². The fraction of sp³-hybridized carbons (Fsp3) is 0.167. The zero-order valence-corrected chi connectivity index (χ0v) is 16.0. The van der Waals surface area contributed by atoms with E-state index in [0.717, 1.165) is 5.56 Å². The van der Waals surface area contributed by atoms with Crippen molar-refractivity contribution in [2.45, 2.75) is 19.6 Å². The summed E-state index contributed by atoms with van der Waals surface area (Å²) in [7, 11) is 0. The van der Waals surface area contributed by atoms with Crippen LogP contribution in [0.3, 0.4) is 0 Å². The van der Waals surface area contributed by atoms with Gasteiger partial charge in [0, 0.05) is 11.5 Å². The molecule has 3 aromatic carbocycles. The van der Waals surface area contributed by atoms with Crippen molar-refractivity contribution in [3.63, 3.8) is 0 Å². The molecule has 0 fully saturated rings. The Labute approximate surface area is 169 Å². The Balaban J connectivity index is 1.76. The van der Waals surface area contributed by atoms with Crippen molar-refractivity contribution in [1.29, 1.82) is 0 Å². The lowest BCUT2D eigenvalue weighted by Gasteiger charge is -2.24. The lowest BCUT2D eigenvalue weighted by molar-refractivity contribution is 0.0891. The molecule has 0 aromatic heterocycles. The highest BCUT2D eigenvalue weighted by Crippen LogP contribution is 2.26. The van der Waals surface area contributed by atoms with Gasteiger partial charge in [-0.2, -0.15) is 0 Å². The monoisotopic (exact) mass is 391 g/mol. The summed E-state index contributed by atoms with van der Waals surface area (Å²) >= 11 is 0. The van der Waals surface area contributed by atoms with E-state index in [2.05, 4.69) is 5.32 Å². The van der Waals surface area contributed by atoms with Crippen molar-refractivity contribution in [2.75, 3.05) is 0 Å². The second-order valence-electron chi connectivity index (χ2n) is 6.75. The fourth-order valence-corrected chi connectivity index (χ4v) is 3.08. The van der Waals surface area contributed by atoms with E-state index in [1.54, 1.807) is 43.3 Å². The molecule has 0 saturated carbocycles. The Morgan fingerprint density at radius 3 is 2.10 bits per heavy atom. The Morgan fingerprint density at radius 1 is 0.897 bits per heavy atom. The second-order valence-corrected chi connectivity index (χ2v) is 6.75. The Morgan fingerprint density at radius 2 is 1.48 bits per heavy atom. The van der Waals surface area contributed by atoms with Crippen molar-refractivity contribution < 1.29 is 18.7 Å². The van der Waals surface area contributed by atoms with Crippen LogP contribution in [0, 0.1) is 11.7 Å². The van der Waals surface area contributed by atoms with Crippen molar-refractivity contribution in [3.05, 3.63) is 107 Å². The number of alkyl carbamates (subject to hydrolysis) is 1. The number of hydrogen-bond donors (Lipinski definition) is 1. The highest BCUT2D eigenvalue weighted by molar-refractivity contribution is 5.98. The minimum absolute atomic E-state index is 0.115. The molecule has 0 heterocycles. The van der Waals surface area contributed by atoms with E-state index in [9.17, 15) is 14.0 Å². The van der Waals surface area contributed by atoms with Crippen molar-refractivity contribution in [1.82, 2.24) is 5.32 Å². The van der Waals surface area contributed by atoms with Crippen LogP contribution in [-0.4, -0.2) is 11.9 Å². The minimum Gasteiger partial charge on any atom is -0.445 e. The average molecular weight is 391 g/mol. The van der Waals surface area contributed by atoms with Gasteiger partial charge in [-0.3, -0.25) is 4.79 Å². The average Bonchev–Trinajstić information content (AvgIpc) is 2.77. The van der Waals surface area contributed by atoms with Gasteiger partial charge in [-0.1, -0.05) is 79.7 Å². The minimum atomic E-state index is -0.661. The maximum Gasteiger partial charge on any atom is 0.407 e. The summed E-state index contributed by atoms with van der Waals surface area (Å²) in [6.07, 6.45) is -0.643. The predicted octanol–water partition coefficient (Wildman–Crippen LogP) is 5.31. The third-order valence-corrected chi connectivity index (χ3v) is 4.69. The summed E-state index contributed by atoms with van der Waals surface area (Å²) in [5.74, 6) is -1.09. The standard InChI is InChI=1S/C24H22FNO3/c1-17(23(27)20-10-6-3-7-11-20)22(19-12-14-21(25)15-13-19)26-24(28)29-16-18-8-4-2-5-9-18/h2-15,17,22H,16H2,1H3,(H,26,28). The molecule has 1 N–H and O–H groups in total. The highest BCUT2D eigenvalue weighted by Gasteiger charge is 2.28. The number of ketones is 1. The van der Waals surface area contributed by atoms with Crippen LogP contribution >= 0.6 is 0 Å². The molecule has 0 aliphatic heterocycles. The van der Waals surface area contributed by atoms with Crippen LogP contribution in [0.2, 0.25) is 0 Å². The number of ether oxygens (including phenoxy) is 1. The van der Waals surface area contributed by atoms with Crippen LogP contribution in [0.25, 0.3) is 0 Å². The second kappa shape index (κ2) is 9.64. The lowest BCUT2D eigenvalue weighted by Crippen LogP contribution is -2.36. The summed E-state index contributed by atoms with van der Waals surface area (Å²) in [5, 5.41) is 2.77. The number of Topliss-reactive ketones (excluding diaryl/α,β-unsaturated/α-hetero) is 1. The molecule has 2 atom stereocenters. The molecule has 29 heavy (non-hydrogen) atoms. The quantitative estimate of drug-likeness (QED) is 0.555. The van der Waals surface area contributed by atoms with Gasteiger partial charge >= 0.3 is 6.09 Å². The molecule has 1 amide bonds. The maximum absolute atomic E-state index is 13.4. The molecule has 0 aliphatic rings. The number of rotatable bonds is 7. The van der Waals surface area contributed by atoms with E-state index < -0.39 is 18.1 Å². The molecule has 148 valence electrons. The third-order valence-electron chi connectivity index (χ3n) is 4.69. The molecule has 0 bridgehead atoms. The first kappa shape index (κ1) is 20.3. The largest absolute Gasteiger partial charge is 0.445 e. The molecule has 3 rings (SSSR count). The van der Waals surface area contributed by atoms with Crippen LogP contribution in [-0.2, 0) is 11.3 Å². The van der Waals surface area contributed by atoms with Crippen LogP contribution in [0.1, 0.15) is 34.5 Å². The van der Waals surface area contributed by atoms with Crippen LogP contribution in [0.4, 0.5) is 9.18 Å². The summed E-state index contributed by atoms with van der Waals surface area (Å²) < 4.78 is 18.7. The number of carbonyl (C=O) groups is 2. The van der Waals surface area contributed by atoms with Crippen molar-refractivity contribution in [3.8, 4) is 0 Å². The van der Waals surface area contributed by atoms with Gasteiger partial charge in [0.2, 0.25) is 0 Å². The summed E-state index contributed by atoms with van der Waals surface area (Å²) in [4.78, 5) is 25.3. The van der Waals surface area contributed by atoms with E-state index in [0.29, 0.717) is 11.1 Å². The third kappa shape index (κ3) is 5.51. The van der Waals surface area contributed by atoms with E-state index in [1.165, 1.54) is 12.1 Å². The fourth-order valence-electron chi connectivity index (χ4n) is 3.08. The van der Waals surface area contributed by atoms with Gasteiger partial charge in [0.15, 0.2) is 5.78 Å². The predicted molar refractivity (Wildman–Crippen MR) is 109 cm³/mol. The molecular weight excluding hydrogens is 369 g/mol. The molecule has 0 radical (unpaired) electrons. The SMILES string of the molecule is CC(C(=O)c1ccccc1)C(NC(=O)OCc1ccccc1)c1ccc(F)cc1. The zero-order chi connectivity index (χ0) is 20.6. The summed E-state index contributed by atoms with van der Waals surface area (Å²) in [5.41, 5.74) is 2.03. The Hall–Kier alpha value is -3.47. The van der Waals surface area contributed by atoms with Crippen LogP contribution in [0.5, 0.6) is 0 Å². The Bertz CT molecular complexity index is 943. The van der Waals surface area contributed by atoms with E-state index in [1.807, 2.05) is 36.4 Å². The summed E-state index contributed by atoms with van der Waals surface area (Å²) in [6.45, 7) is 1.85. The molecule has 0 spiro atoms. The van der Waals surface area contributed by atoms with E-state index in [4.69, 9.17) is 4.74 Å². The van der Waals surface area contributed by atoms with Gasteiger partial charge < -0.3 is 10.1 Å². The number of hydrogen-bond acceptors (Lipinski definition) is 3. The Kier molecular flexibility index (Phi) is 6.74. The van der Waals surface area contributed by atoms with Crippen molar-refractivity contribution in [2.24, 2.45) is 5.92 Å². The number of carbonyl (C=O) groups excluding carboxylic acids is 2. The molecule has 0 aliphatic carbocycles. The molecule has 4 nitrogen and oxygen atoms in total. The maximum atomic E-state index is 13.4. The lowest BCUT2D eigenvalue weighted by atomic mass is 9.88. The smallest absolute Gasteiger partial charge is 0.407 e. The first-order chi connectivity index (χ1) is 14.0. The normalized spacial score (nSPS) is 12.6. The molecule has 5 heteroatoms. The van der Waals surface area contributed by atoms with E-state index >= 15 is 0 Å². The molecule has 2 unspecified atom stereocenters. The van der Waals surface area contributed by atoms with Crippen LogP contribution in [0.15, 0.2) is 84.9 Å². The van der Waals surface area contributed by atoms with Crippen LogP contribution < -0.4 is 5.32 Å². The van der Waals surface area contributed by atoms with Gasteiger partial charge in [0.25, 0.3) is 0 Å². The first-order valence-corrected chi connectivity index (χ1v) is 9.36. The zero-order valence-electron chi connectivity index (χ0n) is 16.0. The first-order valence-electron chi connectivity index (χ1n) is 9.36. The van der Waals surface area contributed by atoms with E-state index in [-0.39, 0.29) is 18.2 Å². The van der Waals surface area contributed by atoms with Gasteiger partial charge in [-0.05, 0) is 23.3 Å². The highest BCUT2D eigenvalue weighted by atomic mass is 19.1. The number of nitrogens with one attached hydrogen (secondary N) is 1. The summed E-state index contributed by atoms with van der Waals surface area (Å²) in [6, 6.07) is 23.2. The van der Waals surface area contributed by atoms with Gasteiger partial charge in [-0.25, -0.2) is 9.18 Å².